The second-order valence-corrected chi connectivity index (χ2v) is 6.67. The minimum atomic E-state index is -1.12. The predicted octanol–water partition coefficient (Wildman–Crippen LogP) is 4.83. The number of carboxylic acid groups (broad SMARTS) is 1. The minimum absolute atomic E-state index is 0.0133. The first-order chi connectivity index (χ1) is 13.4. The normalized spacial score (nSPS) is 10.2. The Balaban J connectivity index is 1.63. The third-order valence-corrected chi connectivity index (χ3v) is 4.46. The Morgan fingerprint density at radius 3 is 2.14 bits per heavy atom. The van der Waals surface area contributed by atoms with Crippen LogP contribution in [-0.4, -0.2) is 22.1 Å². The van der Waals surface area contributed by atoms with Gasteiger partial charge in [0.1, 0.15) is 0 Å². The van der Waals surface area contributed by atoms with Crippen molar-refractivity contribution in [1.82, 2.24) is 5.32 Å². The number of carbonyl (C=O) groups is 2. The summed E-state index contributed by atoms with van der Waals surface area (Å²) in [4.78, 5) is 23.3. The third-order valence-electron chi connectivity index (χ3n) is 3.94. The number of thiocarbonyl (C=S) groups is 1. The van der Waals surface area contributed by atoms with Crippen LogP contribution in [0.4, 0.5) is 5.69 Å². The molecular formula is C21H15ClN2O3S. The molecule has 0 aliphatic carbocycles. The van der Waals surface area contributed by atoms with Crippen molar-refractivity contribution in [2.24, 2.45) is 0 Å². The van der Waals surface area contributed by atoms with Crippen LogP contribution in [-0.2, 0) is 0 Å². The number of rotatable bonds is 4. The quantitative estimate of drug-likeness (QED) is 0.537. The molecule has 3 rings (SSSR count). The summed E-state index contributed by atoms with van der Waals surface area (Å²) in [6.07, 6.45) is 0. The molecule has 0 fully saturated rings. The highest BCUT2D eigenvalue weighted by molar-refractivity contribution is 7.80. The lowest BCUT2D eigenvalue weighted by atomic mass is 10.0. The fourth-order valence-corrected chi connectivity index (χ4v) is 3.02. The van der Waals surface area contributed by atoms with Gasteiger partial charge in [-0.1, -0.05) is 54.1 Å². The largest absolute Gasteiger partial charge is 0.478 e. The number of anilines is 1. The average molecular weight is 411 g/mol. The van der Waals surface area contributed by atoms with Gasteiger partial charge in [-0.15, -0.1) is 0 Å². The lowest BCUT2D eigenvalue weighted by Crippen LogP contribution is -2.34. The summed E-state index contributed by atoms with van der Waals surface area (Å²) < 4.78 is 0. The highest BCUT2D eigenvalue weighted by Gasteiger charge is 2.11. The Labute approximate surface area is 172 Å². The van der Waals surface area contributed by atoms with E-state index in [1.807, 2.05) is 42.5 Å². The molecule has 0 unspecified atom stereocenters. The van der Waals surface area contributed by atoms with E-state index in [0.717, 1.165) is 11.1 Å². The molecule has 5 nitrogen and oxygen atoms in total. The molecule has 1 amide bonds. The van der Waals surface area contributed by atoms with Crippen molar-refractivity contribution < 1.29 is 14.7 Å². The van der Waals surface area contributed by atoms with Gasteiger partial charge in [-0.05, 0) is 53.7 Å². The number of nitrogens with one attached hydrogen (secondary N) is 2. The van der Waals surface area contributed by atoms with E-state index in [1.54, 1.807) is 12.1 Å². The van der Waals surface area contributed by atoms with Gasteiger partial charge >= 0.3 is 5.97 Å². The molecule has 0 heterocycles. The highest BCUT2D eigenvalue weighted by atomic mass is 35.5. The van der Waals surface area contributed by atoms with E-state index in [-0.39, 0.29) is 21.6 Å². The topological polar surface area (TPSA) is 78.4 Å². The van der Waals surface area contributed by atoms with Gasteiger partial charge in [0.2, 0.25) is 0 Å². The maximum Gasteiger partial charge on any atom is 0.337 e. The van der Waals surface area contributed by atoms with E-state index in [2.05, 4.69) is 10.6 Å². The van der Waals surface area contributed by atoms with E-state index in [4.69, 9.17) is 28.9 Å². The molecular weight excluding hydrogens is 396 g/mol. The van der Waals surface area contributed by atoms with Crippen LogP contribution in [0.5, 0.6) is 0 Å². The summed E-state index contributed by atoms with van der Waals surface area (Å²) in [5.74, 6) is -1.48. The van der Waals surface area contributed by atoms with Gasteiger partial charge in [-0.25, -0.2) is 4.79 Å². The Hall–Kier alpha value is -3.22. The van der Waals surface area contributed by atoms with E-state index in [9.17, 15) is 9.59 Å². The average Bonchev–Trinajstić information content (AvgIpc) is 2.68. The Morgan fingerprint density at radius 1 is 0.893 bits per heavy atom. The molecule has 0 saturated carbocycles. The Morgan fingerprint density at radius 2 is 1.54 bits per heavy atom. The monoisotopic (exact) mass is 410 g/mol. The fraction of sp³-hybridized carbons (Fsp3) is 0. The van der Waals surface area contributed by atoms with Crippen molar-refractivity contribution in [3.05, 3.63) is 88.9 Å². The van der Waals surface area contributed by atoms with Gasteiger partial charge in [0.25, 0.3) is 5.91 Å². The number of carboxylic acids is 1. The molecule has 7 heteroatoms. The van der Waals surface area contributed by atoms with Gasteiger partial charge in [-0.2, -0.15) is 0 Å². The molecule has 0 bridgehead atoms. The van der Waals surface area contributed by atoms with Crippen molar-refractivity contribution >= 4 is 46.5 Å². The number of hydrogen-bond donors (Lipinski definition) is 3. The number of halogens is 1. The summed E-state index contributed by atoms with van der Waals surface area (Å²) in [7, 11) is 0. The molecule has 3 aromatic carbocycles. The zero-order valence-corrected chi connectivity index (χ0v) is 16.1. The number of amides is 1. The minimum Gasteiger partial charge on any atom is -0.478 e. The van der Waals surface area contributed by atoms with Crippen molar-refractivity contribution in [2.75, 3.05) is 5.32 Å². The van der Waals surface area contributed by atoms with E-state index in [1.165, 1.54) is 18.2 Å². The first kappa shape index (κ1) is 19.5. The van der Waals surface area contributed by atoms with Crippen LogP contribution in [0.2, 0.25) is 5.02 Å². The van der Waals surface area contributed by atoms with Crippen LogP contribution in [0.15, 0.2) is 72.8 Å². The summed E-state index contributed by atoms with van der Waals surface area (Å²) in [5, 5.41) is 14.5. The van der Waals surface area contributed by atoms with E-state index in [0.29, 0.717) is 11.3 Å². The van der Waals surface area contributed by atoms with Gasteiger partial charge in [0.05, 0.1) is 10.6 Å². The number of carbonyl (C=O) groups excluding carboxylic acids is 1. The van der Waals surface area contributed by atoms with E-state index >= 15 is 0 Å². The number of hydrogen-bond acceptors (Lipinski definition) is 3. The Bertz CT molecular complexity index is 1040. The maximum absolute atomic E-state index is 12.4. The van der Waals surface area contributed by atoms with Crippen LogP contribution >= 0.6 is 23.8 Å². The highest BCUT2D eigenvalue weighted by Crippen LogP contribution is 2.21. The number of benzene rings is 3. The van der Waals surface area contributed by atoms with Crippen molar-refractivity contribution in [1.29, 1.82) is 0 Å². The molecule has 0 aliphatic heterocycles. The second-order valence-electron chi connectivity index (χ2n) is 5.85. The van der Waals surface area contributed by atoms with Crippen LogP contribution in [0.3, 0.4) is 0 Å². The summed E-state index contributed by atoms with van der Waals surface area (Å²) in [5.41, 5.74) is 2.99. The van der Waals surface area contributed by atoms with E-state index < -0.39 is 5.97 Å². The fourth-order valence-electron chi connectivity index (χ4n) is 2.55. The molecule has 0 radical (unpaired) electrons. The van der Waals surface area contributed by atoms with Crippen LogP contribution in [0, 0.1) is 0 Å². The predicted molar refractivity (Wildman–Crippen MR) is 114 cm³/mol. The standard InChI is InChI=1S/C21H15ClN2O3S/c22-18-12-16(10-11-17(18)20(26)27)23-21(28)24-19(25)15-8-6-14(7-9-15)13-4-2-1-3-5-13/h1-12H,(H,26,27)(H2,23,24,25,28). The van der Waals surface area contributed by atoms with Gasteiger partial charge < -0.3 is 10.4 Å². The van der Waals surface area contributed by atoms with Crippen LogP contribution in [0.25, 0.3) is 11.1 Å². The number of aromatic carboxylic acids is 1. The first-order valence-electron chi connectivity index (χ1n) is 8.25. The van der Waals surface area contributed by atoms with Gasteiger partial charge in [0.15, 0.2) is 5.11 Å². The summed E-state index contributed by atoms with van der Waals surface area (Å²) >= 11 is 11.1. The Kier molecular flexibility index (Phi) is 6.03. The third kappa shape index (κ3) is 4.73. The van der Waals surface area contributed by atoms with Crippen molar-refractivity contribution in [3.8, 4) is 11.1 Å². The van der Waals surface area contributed by atoms with Crippen LogP contribution < -0.4 is 10.6 Å². The van der Waals surface area contributed by atoms with Crippen molar-refractivity contribution in [3.63, 3.8) is 0 Å². The van der Waals surface area contributed by atoms with Gasteiger partial charge in [0, 0.05) is 11.3 Å². The first-order valence-corrected chi connectivity index (χ1v) is 9.03. The van der Waals surface area contributed by atoms with Gasteiger partial charge in [-0.3, -0.25) is 10.1 Å². The smallest absolute Gasteiger partial charge is 0.337 e. The molecule has 0 aliphatic rings. The molecule has 140 valence electrons. The molecule has 0 atom stereocenters. The molecule has 0 spiro atoms. The molecule has 3 aromatic rings. The maximum atomic E-state index is 12.4. The summed E-state index contributed by atoms with van der Waals surface area (Å²) in [6.45, 7) is 0. The zero-order valence-electron chi connectivity index (χ0n) is 14.5. The lowest BCUT2D eigenvalue weighted by molar-refractivity contribution is 0.0697. The second kappa shape index (κ2) is 8.65. The lowest BCUT2D eigenvalue weighted by Gasteiger charge is -2.11. The SMILES string of the molecule is O=C(NC(=S)Nc1ccc(C(=O)O)c(Cl)c1)c1ccc(-c2ccccc2)cc1. The molecule has 3 N–H and O–H groups in total. The van der Waals surface area contributed by atoms with Crippen molar-refractivity contribution in [2.45, 2.75) is 0 Å². The van der Waals surface area contributed by atoms with Crippen LogP contribution in [0.1, 0.15) is 20.7 Å². The zero-order chi connectivity index (χ0) is 20.1. The molecule has 0 saturated heterocycles. The molecule has 28 heavy (non-hydrogen) atoms. The summed E-state index contributed by atoms with van der Waals surface area (Å²) in [6, 6.07) is 21.3. The molecule has 0 aromatic heterocycles.